The number of rotatable bonds is 2. The molecule has 86 valence electrons. The van der Waals surface area contributed by atoms with Crippen LogP contribution in [0.3, 0.4) is 0 Å². The zero-order chi connectivity index (χ0) is 11.5. The summed E-state index contributed by atoms with van der Waals surface area (Å²) in [7, 11) is 0. The van der Waals surface area contributed by atoms with E-state index in [0.29, 0.717) is 0 Å². The van der Waals surface area contributed by atoms with E-state index in [-0.39, 0.29) is 0 Å². The molecule has 0 aromatic heterocycles. The lowest BCUT2D eigenvalue weighted by atomic mass is 9.99. The minimum atomic E-state index is 0.723. The Morgan fingerprint density at radius 3 is 2.62 bits per heavy atom. The van der Waals surface area contributed by atoms with Gasteiger partial charge in [-0.3, -0.25) is 4.79 Å². The van der Waals surface area contributed by atoms with Gasteiger partial charge in [0, 0.05) is 23.1 Å². The number of hydrogen-bond donors (Lipinski definition) is 0. The molecule has 1 heterocycles. The molecule has 1 aliphatic heterocycles. The van der Waals surface area contributed by atoms with Gasteiger partial charge in [0.05, 0.1) is 5.69 Å². The third-order valence-corrected chi connectivity index (χ3v) is 3.87. The maximum atomic E-state index is 10.7. The number of anilines is 1. The van der Waals surface area contributed by atoms with Crippen molar-refractivity contribution in [3.05, 3.63) is 28.2 Å². The predicted molar refractivity (Wildman–Crippen MR) is 70.1 cm³/mol. The number of aldehydes is 1. The van der Waals surface area contributed by atoms with Crippen LogP contribution >= 0.6 is 15.9 Å². The molecule has 0 atom stereocenters. The molecule has 1 fully saturated rings. The first kappa shape index (κ1) is 11.6. The second kappa shape index (κ2) is 5.00. The molecule has 0 N–H and O–H groups in total. The van der Waals surface area contributed by atoms with Crippen molar-refractivity contribution in [2.45, 2.75) is 19.8 Å². The van der Waals surface area contributed by atoms with Gasteiger partial charge >= 0.3 is 0 Å². The highest BCUT2D eigenvalue weighted by Gasteiger charge is 2.17. The summed E-state index contributed by atoms with van der Waals surface area (Å²) >= 11 is 3.54. The molecule has 0 unspecified atom stereocenters. The Morgan fingerprint density at radius 2 is 2.06 bits per heavy atom. The van der Waals surface area contributed by atoms with Crippen molar-refractivity contribution in [3.63, 3.8) is 0 Å². The minimum Gasteiger partial charge on any atom is -0.371 e. The highest BCUT2D eigenvalue weighted by atomic mass is 79.9. The normalized spacial score (nSPS) is 17.5. The largest absolute Gasteiger partial charge is 0.371 e. The molecule has 1 aromatic rings. The molecule has 0 radical (unpaired) electrons. The Bertz CT molecular complexity index is 384. The molecule has 3 heteroatoms. The van der Waals surface area contributed by atoms with Gasteiger partial charge in [0.1, 0.15) is 6.29 Å². The lowest BCUT2D eigenvalue weighted by Gasteiger charge is -2.32. The molecular weight excluding hydrogens is 266 g/mol. The van der Waals surface area contributed by atoms with Crippen LogP contribution in [0.1, 0.15) is 30.1 Å². The Kier molecular flexibility index (Phi) is 3.64. The topological polar surface area (TPSA) is 20.3 Å². The summed E-state index contributed by atoms with van der Waals surface area (Å²) in [6.07, 6.45) is 3.39. The molecule has 2 nitrogen and oxygen atoms in total. The third-order valence-electron chi connectivity index (χ3n) is 3.23. The van der Waals surface area contributed by atoms with Crippen LogP contribution in [0.15, 0.2) is 22.7 Å². The van der Waals surface area contributed by atoms with Gasteiger partial charge in [-0.1, -0.05) is 6.92 Å². The fourth-order valence-electron chi connectivity index (χ4n) is 2.10. The lowest BCUT2D eigenvalue weighted by molar-refractivity contribution is 0.112. The quantitative estimate of drug-likeness (QED) is 0.774. The van der Waals surface area contributed by atoms with Crippen molar-refractivity contribution in [3.8, 4) is 0 Å². The first-order valence-corrected chi connectivity index (χ1v) is 6.49. The van der Waals surface area contributed by atoms with E-state index in [0.717, 1.165) is 35.3 Å². The molecule has 2 rings (SSSR count). The summed E-state index contributed by atoms with van der Waals surface area (Å²) in [4.78, 5) is 13.0. The first-order chi connectivity index (χ1) is 7.70. The maximum Gasteiger partial charge on any atom is 0.150 e. The average molecular weight is 282 g/mol. The number of carbonyl (C=O) groups is 1. The van der Waals surface area contributed by atoms with Crippen LogP contribution in [-0.2, 0) is 0 Å². The molecule has 0 spiro atoms. The second-order valence-corrected chi connectivity index (χ2v) is 5.35. The fraction of sp³-hybridized carbons (Fsp3) is 0.462. The van der Waals surface area contributed by atoms with E-state index >= 15 is 0 Å². The van der Waals surface area contributed by atoms with E-state index < -0.39 is 0 Å². The van der Waals surface area contributed by atoms with Gasteiger partial charge < -0.3 is 4.90 Å². The first-order valence-electron chi connectivity index (χ1n) is 5.70. The van der Waals surface area contributed by atoms with Crippen LogP contribution in [0.5, 0.6) is 0 Å². The van der Waals surface area contributed by atoms with Crippen LogP contribution in [0, 0.1) is 5.92 Å². The average Bonchev–Trinajstić information content (AvgIpc) is 2.30. The van der Waals surface area contributed by atoms with E-state index in [4.69, 9.17) is 0 Å². The van der Waals surface area contributed by atoms with E-state index in [1.54, 1.807) is 0 Å². The van der Waals surface area contributed by atoms with Gasteiger partial charge in [-0.25, -0.2) is 0 Å². The summed E-state index contributed by atoms with van der Waals surface area (Å²) < 4.78 is 1.02. The number of hydrogen-bond acceptors (Lipinski definition) is 2. The standard InChI is InChI=1S/C13H16BrNO/c1-10-4-6-15(7-5-10)13-3-2-11(9-16)8-12(13)14/h2-3,8-10H,4-7H2,1H3. The zero-order valence-corrected chi connectivity index (χ0v) is 11.0. The number of piperidine rings is 1. The van der Waals surface area contributed by atoms with Crippen molar-refractivity contribution in [1.29, 1.82) is 0 Å². The Labute approximate surface area is 105 Å². The van der Waals surface area contributed by atoms with Crippen LogP contribution < -0.4 is 4.90 Å². The molecule has 1 saturated heterocycles. The molecular formula is C13H16BrNO. The summed E-state index contributed by atoms with van der Waals surface area (Å²) in [5, 5.41) is 0. The molecule has 0 amide bonds. The summed E-state index contributed by atoms with van der Waals surface area (Å²) in [6.45, 7) is 4.53. The zero-order valence-electron chi connectivity index (χ0n) is 9.45. The SMILES string of the molecule is CC1CCN(c2ccc(C=O)cc2Br)CC1. The predicted octanol–water partition coefficient (Wildman–Crippen LogP) is 3.50. The molecule has 1 aromatic carbocycles. The summed E-state index contributed by atoms with van der Waals surface area (Å²) in [6, 6.07) is 5.80. The van der Waals surface area contributed by atoms with E-state index in [1.165, 1.54) is 18.5 Å². The van der Waals surface area contributed by atoms with Gasteiger partial charge in [-0.2, -0.15) is 0 Å². The molecule has 0 saturated carbocycles. The van der Waals surface area contributed by atoms with E-state index in [2.05, 4.69) is 27.8 Å². The number of carbonyl (C=O) groups excluding carboxylic acids is 1. The van der Waals surface area contributed by atoms with Gasteiger partial charge in [-0.15, -0.1) is 0 Å². The van der Waals surface area contributed by atoms with Crippen LogP contribution in [0.2, 0.25) is 0 Å². The molecule has 1 aliphatic rings. The van der Waals surface area contributed by atoms with Crippen molar-refractivity contribution >= 4 is 27.9 Å². The highest BCUT2D eigenvalue weighted by molar-refractivity contribution is 9.10. The fourth-order valence-corrected chi connectivity index (χ4v) is 2.75. The molecule has 0 aliphatic carbocycles. The van der Waals surface area contributed by atoms with Gasteiger partial charge in [0.2, 0.25) is 0 Å². The van der Waals surface area contributed by atoms with E-state index in [1.807, 2.05) is 18.2 Å². The van der Waals surface area contributed by atoms with E-state index in [9.17, 15) is 4.79 Å². The molecule has 16 heavy (non-hydrogen) atoms. The van der Waals surface area contributed by atoms with Crippen molar-refractivity contribution in [1.82, 2.24) is 0 Å². The third kappa shape index (κ3) is 2.46. The van der Waals surface area contributed by atoms with Crippen LogP contribution in [-0.4, -0.2) is 19.4 Å². The Morgan fingerprint density at radius 1 is 1.38 bits per heavy atom. The number of halogens is 1. The van der Waals surface area contributed by atoms with Gasteiger partial charge in [0.25, 0.3) is 0 Å². The van der Waals surface area contributed by atoms with Crippen LogP contribution in [0.4, 0.5) is 5.69 Å². The van der Waals surface area contributed by atoms with Crippen molar-refractivity contribution < 1.29 is 4.79 Å². The monoisotopic (exact) mass is 281 g/mol. The van der Waals surface area contributed by atoms with Gasteiger partial charge in [-0.05, 0) is 52.9 Å². The Hall–Kier alpha value is -0.830. The minimum absolute atomic E-state index is 0.723. The maximum absolute atomic E-state index is 10.7. The van der Waals surface area contributed by atoms with Gasteiger partial charge in [0.15, 0.2) is 0 Å². The smallest absolute Gasteiger partial charge is 0.150 e. The summed E-state index contributed by atoms with van der Waals surface area (Å²) in [5.74, 6) is 0.837. The van der Waals surface area contributed by atoms with Crippen molar-refractivity contribution in [2.24, 2.45) is 5.92 Å². The summed E-state index contributed by atoms with van der Waals surface area (Å²) in [5.41, 5.74) is 1.93. The number of nitrogens with zero attached hydrogens (tertiary/aromatic N) is 1. The molecule has 0 bridgehead atoms. The Balaban J connectivity index is 2.17. The highest BCUT2D eigenvalue weighted by Crippen LogP contribution is 2.30. The number of benzene rings is 1. The van der Waals surface area contributed by atoms with Crippen molar-refractivity contribution in [2.75, 3.05) is 18.0 Å². The lowest BCUT2D eigenvalue weighted by Crippen LogP contribution is -2.32. The second-order valence-electron chi connectivity index (χ2n) is 4.50. The van der Waals surface area contributed by atoms with Crippen LogP contribution in [0.25, 0.3) is 0 Å².